The van der Waals surface area contributed by atoms with E-state index >= 15 is 0 Å². The van der Waals surface area contributed by atoms with Crippen LogP contribution in [0.5, 0.6) is 0 Å². The van der Waals surface area contributed by atoms with Crippen molar-refractivity contribution >= 4 is 29.8 Å². The maximum atomic E-state index is 12.8. The van der Waals surface area contributed by atoms with E-state index < -0.39 is 98.0 Å². The van der Waals surface area contributed by atoms with Crippen LogP contribution in [0.3, 0.4) is 0 Å². The molecule has 0 bridgehead atoms. The van der Waals surface area contributed by atoms with Crippen LogP contribution in [0.25, 0.3) is 0 Å². The Hall–Kier alpha value is -2.89. The second-order valence-electron chi connectivity index (χ2n) is 9.39. The van der Waals surface area contributed by atoms with E-state index in [9.17, 15) is 54.6 Å². The van der Waals surface area contributed by atoms with E-state index in [-0.39, 0.29) is 32.1 Å². The van der Waals surface area contributed by atoms with Gasteiger partial charge < -0.3 is 54.3 Å². The monoisotopic (exact) mass is 612 g/mol. The number of ether oxygens (including phenoxy) is 5. The van der Waals surface area contributed by atoms with Crippen molar-refractivity contribution in [1.29, 1.82) is 0 Å². The lowest BCUT2D eigenvalue weighted by Crippen LogP contribution is -2.83. The summed E-state index contributed by atoms with van der Waals surface area (Å²) in [6.07, 6.45) is -5.45. The molecular weight excluding hydrogens is 568 g/mol. The van der Waals surface area contributed by atoms with E-state index in [1.807, 2.05) is 0 Å². The quantitative estimate of drug-likeness (QED) is 0.0589. The van der Waals surface area contributed by atoms with Gasteiger partial charge in [0.15, 0.2) is 0 Å². The van der Waals surface area contributed by atoms with E-state index in [0.717, 1.165) is 0 Å². The predicted octanol–water partition coefficient (Wildman–Crippen LogP) is -0.232. The van der Waals surface area contributed by atoms with Crippen molar-refractivity contribution in [3.8, 4) is 0 Å². The van der Waals surface area contributed by atoms with Crippen LogP contribution in [0.2, 0.25) is 0 Å². The van der Waals surface area contributed by atoms with Gasteiger partial charge in [0.25, 0.3) is 0 Å². The molecule has 0 aromatic heterocycles. The van der Waals surface area contributed by atoms with Crippen LogP contribution in [0, 0.1) is 0 Å². The highest BCUT2D eigenvalue weighted by Gasteiger charge is 2.83. The van der Waals surface area contributed by atoms with Gasteiger partial charge in [-0.3, -0.25) is 24.0 Å². The first-order valence-corrected chi connectivity index (χ1v) is 13.8. The third kappa shape index (κ3) is 9.31. The number of carbonyl (C=O) groups excluding carboxylic acids is 5. The molecule has 16 heteroatoms. The highest BCUT2D eigenvalue weighted by Crippen LogP contribution is 2.46. The largest absolute Gasteiger partial charge is 0.451 e. The summed E-state index contributed by atoms with van der Waals surface area (Å²) in [6, 6.07) is 0. The predicted molar refractivity (Wildman–Crippen MR) is 138 cm³/mol. The molecule has 0 aromatic rings. The fourth-order valence-corrected chi connectivity index (χ4v) is 3.47. The first kappa shape index (κ1) is 39.1. The first-order chi connectivity index (χ1) is 19.5. The number of aliphatic hydroxyl groups is 6. The third-order valence-electron chi connectivity index (χ3n) is 5.57. The molecule has 16 nitrogen and oxygen atoms in total. The van der Waals surface area contributed by atoms with Gasteiger partial charge >= 0.3 is 53.2 Å². The fourth-order valence-electron chi connectivity index (χ4n) is 3.47. The Morgan fingerprint density at radius 2 is 0.810 bits per heavy atom. The number of carbonyl (C=O) groups is 5. The molecule has 0 spiro atoms. The molecule has 0 fully saturated rings. The minimum absolute atomic E-state index is 0.000802. The van der Waals surface area contributed by atoms with Crippen molar-refractivity contribution in [1.82, 2.24) is 0 Å². The van der Waals surface area contributed by atoms with Crippen molar-refractivity contribution in [2.45, 2.75) is 128 Å². The second-order valence-corrected chi connectivity index (χ2v) is 9.39. The highest BCUT2D eigenvalue weighted by atomic mass is 16.9. The van der Waals surface area contributed by atoms with Crippen molar-refractivity contribution < 1.29 is 78.3 Å². The molecule has 0 aliphatic heterocycles. The zero-order valence-corrected chi connectivity index (χ0v) is 24.6. The summed E-state index contributed by atoms with van der Waals surface area (Å²) in [5.41, 5.74) is 0. The van der Waals surface area contributed by atoms with Crippen molar-refractivity contribution in [2.75, 3.05) is 6.61 Å². The molecule has 0 radical (unpaired) electrons. The summed E-state index contributed by atoms with van der Waals surface area (Å²) in [5.74, 6) is -25.0. The molecule has 4 atom stereocenters. The molecule has 42 heavy (non-hydrogen) atoms. The molecule has 0 unspecified atom stereocenters. The van der Waals surface area contributed by atoms with Crippen LogP contribution in [-0.4, -0.2) is 96.5 Å². The molecule has 0 heterocycles. The molecular formula is C26H44O16. The first-order valence-electron chi connectivity index (χ1n) is 13.8. The Labute approximate surface area is 243 Å². The van der Waals surface area contributed by atoms with Crippen molar-refractivity contribution in [2.24, 2.45) is 0 Å². The van der Waals surface area contributed by atoms with Gasteiger partial charge in [0, 0.05) is 32.1 Å². The highest BCUT2D eigenvalue weighted by molar-refractivity contribution is 5.74. The summed E-state index contributed by atoms with van der Waals surface area (Å²) in [5, 5.41) is 67.1. The zero-order valence-electron chi connectivity index (χ0n) is 24.6. The van der Waals surface area contributed by atoms with Gasteiger partial charge in [0.05, 0.1) is 6.61 Å². The maximum absolute atomic E-state index is 12.8. The summed E-state index contributed by atoms with van der Waals surface area (Å²) in [4.78, 5) is 63.1. The smallest absolute Gasteiger partial charge is 0.423 e. The van der Waals surface area contributed by atoms with Gasteiger partial charge in [-0.15, -0.1) is 0 Å². The number of hydrogen-bond acceptors (Lipinski definition) is 16. The van der Waals surface area contributed by atoms with Crippen LogP contribution in [0.15, 0.2) is 0 Å². The molecule has 0 aliphatic carbocycles. The Morgan fingerprint density at radius 1 is 0.524 bits per heavy atom. The Bertz CT molecular complexity index is 902. The molecule has 0 aromatic carbocycles. The van der Waals surface area contributed by atoms with Crippen LogP contribution >= 0.6 is 0 Å². The normalized spacial score (nSPS) is 16.5. The molecule has 0 amide bonds. The van der Waals surface area contributed by atoms with Crippen LogP contribution in [-0.2, 0) is 47.7 Å². The van der Waals surface area contributed by atoms with Crippen LogP contribution in [0.1, 0.15) is 98.8 Å². The minimum atomic E-state index is -4.60. The summed E-state index contributed by atoms with van der Waals surface area (Å²) >= 11 is 0. The Kier molecular flexibility index (Phi) is 16.1. The summed E-state index contributed by atoms with van der Waals surface area (Å²) in [6.45, 7) is 5.80. The van der Waals surface area contributed by atoms with E-state index in [4.69, 9.17) is 23.7 Å². The van der Waals surface area contributed by atoms with Crippen molar-refractivity contribution in [3.63, 3.8) is 0 Å². The molecule has 0 saturated carbocycles. The molecule has 0 rings (SSSR count). The lowest BCUT2D eigenvalue weighted by atomic mass is 9.88. The van der Waals surface area contributed by atoms with Crippen LogP contribution in [0.4, 0.5) is 0 Å². The number of aliphatic hydroxyl groups excluding tert-OH is 2. The summed E-state index contributed by atoms with van der Waals surface area (Å²) in [7, 11) is 0. The number of rotatable bonds is 20. The Balaban J connectivity index is 7.94. The van der Waals surface area contributed by atoms with E-state index in [2.05, 4.69) is 0 Å². The average Bonchev–Trinajstić information content (AvgIpc) is 2.88. The van der Waals surface area contributed by atoms with Crippen molar-refractivity contribution in [3.05, 3.63) is 0 Å². The zero-order chi connectivity index (χ0) is 32.8. The van der Waals surface area contributed by atoms with Gasteiger partial charge in [-0.1, -0.05) is 34.6 Å². The lowest BCUT2D eigenvalue weighted by molar-refractivity contribution is -0.541. The molecule has 6 N–H and O–H groups in total. The number of hydrogen-bond donors (Lipinski definition) is 6. The van der Waals surface area contributed by atoms with Gasteiger partial charge in [0.1, 0.15) is 6.10 Å². The van der Waals surface area contributed by atoms with Gasteiger partial charge in [0.2, 0.25) is 0 Å². The number of esters is 5. The lowest BCUT2D eigenvalue weighted by Gasteiger charge is -2.51. The molecule has 244 valence electrons. The Morgan fingerprint density at radius 3 is 1.12 bits per heavy atom. The second kappa shape index (κ2) is 17.3. The SMILES string of the molecule is CCCC(=O)OC(O)(OC(=O)CCC)[C@](O)(OC(=O)CCC)[C@](O)(OC(=O)CCC)[C@](O)(OC(=O)CCC)[C@@H](O)CO. The van der Waals surface area contributed by atoms with E-state index in [1.54, 1.807) is 0 Å². The minimum Gasteiger partial charge on any atom is -0.423 e. The maximum Gasteiger partial charge on any atom is 0.451 e. The third-order valence-corrected chi connectivity index (χ3v) is 5.57. The van der Waals surface area contributed by atoms with Gasteiger partial charge in [-0.05, 0) is 32.1 Å². The topological polar surface area (TPSA) is 253 Å². The van der Waals surface area contributed by atoms with E-state index in [0.29, 0.717) is 0 Å². The standard InChI is InChI=1S/C26H44O16/c1-6-11-18(29)38-23(34,17(28)16-27)24(35,39-19(30)12-7-2)25(36,40-20(31)13-8-3)26(37,41-21(32)14-9-4)42-22(33)15-10-5/h17,27-28,34-37H,6-16H2,1-5H3/t17-,23+,24+,25+/m0/s1. The summed E-state index contributed by atoms with van der Waals surface area (Å²) < 4.78 is 24.1. The average molecular weight is 613 g/mol. The van der Waals surface area contributed by atoms with Crippen LogP contribution < -0.4 is 0 Å². The van der Waals surface area contributed by atoms with Gasteiger partial charge in [-0.2, -0.15) is 0 Å². The van der Waals surface area contributed by atoms with E-state index in [1.165, 1.54) is 34.6 Å². The molecule has 0 saturated heterocycles. The van der Waals surface area contributed by atoms with Gasteiger partial charge in [-0.25, -0.2) is 0 Å². The molecule has 0 aliphatic rings. The fraction of sp³-hybridized carbons (Fsp3) is 0.808.